The summed E-state index contributed by atoms with van der Waals surface area (Å²) >= 11 is 1.82. The molecular weight excluding hydrogens is 254 g/mol. The van der Waals surface area contributed by atoms with Crippen LogP contribution < -0.4 is 4.90 Å². The van der Waals surface area contributed by atoms with Crippen LogP contribution in [0.2, 0.25) is 0 Å². The first-order valence-electron chi connectivity index (χ1n) is 7.01. The number of thiazole rings is 1. The quantitative estimate of drug-likeness (QED) is 0.839. The molecule has 1 atom stereocenters. The smallest absolute Gasteiger partial charge is 0.186 e. The summed E-state index contributed by atoms with van der Waals surface area (Å²) in [4.78, 5) is 9.63. The van der Waals surface area contributed by atoms with Gasteiger partial charge in [-0.3, -0.25) is 0 Å². The van der Waals surface area contributed by atoms with Crippen LogP contribution in [-0.4, -0.2) is 43.1 Å². The third kappa shape index (κ3) is 2.74. The second kappa shape index (κ2) is 5.47. The number of hydrogen-bond donors (Lipinski definition) is 0. The van der Waals surface area contributed by atoms with E-state index in [9.17, 15) is 0 Å². The van der Waals surface area contributed by atoms with E-state index in [0.717, 1.165) is 18.6 Å². The first-order chi connectivity index (χ1) is 9.24. The highest BCUT2D eigenvalue weighted by molar-refractivity contribution is 7.22. The Kier molecular flexibility index (Phi) is 3.71. The summed E-state index contributed by atoms with van der Waals surface area (Å²) in [7, 11) is 4.37. The number of likely N-dealkylation sites (N-methyl/N-ethyl adjacent to an activating group) is 1. The third-order valence-corrected chi connectivity index (χ3v) is 5.03. The van der Waals surface area contributed by atoms with E-state index in [4.69, 9.17) is 4.98 Å². The summed E-state index contributed by atoms with van der Waals surface area (Å²) in [5.74, 6) is 0. The summed E-state index contributed by atoms with van der Waals surface area (Å²) in [6.07, 6.45) is 3.90. The Hall–Kier alpha value is -1.13. The first-order valence-corrected chi connectivity index (χ1v) is 7.82. The highest BCUT2D eigenvalue weighted by Gasteiger charge is 2.21. The molecule has 0 N–H and O–H groups in total. The van der Waals surface area contributed by atoms with Gasteiger partial charge in [-0.1, -0.05) is 29.9 Å². The predicted octanol–water partition coefficient (Wildman–Crippen LogP) is 3.22. The van der Waals surface area contributed by atoms with Gasteiger partial charge in [0.25, 0.3) is 0 Å². The van der Waals surface area contributed by atoms with Crippen LogP contribution in [0.25, 0.3) is 10.2 Å². The molecule has 0 saturated carbocycles. The lowest BCUT2D eigenvalue weighted by molar-refractivity contribution is 0.285. The Morgan fingerprint density at radius 2 is 2.11 bits per heavy atom. The standard InChI is InChI=1S/C15H21N3S/c1-17(2)12-7-5-6-10-18(11-12)15-16-13-8-3-4-9-14(13)19-15/h3-4,8-9,12H,5-7,10-11H2,1-2H3. The second-order valence-corrected chi connectivity index (χ2v) is 6.53. The lowest BCUT2D eigenvalue weighted by Crippen LogP contribution is -2.39. The van der Waals surface area contributed by atoms with Gasteiger partial charge in [0, 0.05) is 19.1 Å². The maximum Gasteiger partial charge on any atom is 0.186 e. The topological polar surface area (TPSA) is 19.4 Å². The molecule has 0 amide bonds. The molecule has 102 valence electrons. The molecule has 1 unspecified atom stereocenters. The van der Waals surface area contributed by atoms with Crippen molar-refractivity contribution in [3.05, 3.63) is 24.3 Å². The van der Waals surface area contributed by atoms with Gasteiger partial charge in [0.2, 0.25) is 0 Å². The maximum absolute atomic E-state index is 4.80. The minimum atomic E-state index is 0.648. The van der Waals surface area contributed by atoms with E-state index in [1.807, 2.05) is 11.3 Å². The molecule has 0 radical (unpaired) electrons. The predicted molar refractivity (Wildman–Crippen MR) is 83.2 cm³/mol. The van der Waals surface area contributed by atoms with Gasteiger partial charge in [-0.25, -0.2) is 4.98 Å². The molecule has 1 aliphatic rings. The summed E-state index contributed by atoms with van der Waals surface area (Å²) in [5, 5.41) is 1.19. The van der Waals surface area contributed by atoms with Crippen molar-refractivity contribution in [3.8, 4) is 0 Å². The van der Waals surface area contributed by atoms with Gasteiger partial charge < -0.3 is 9.80 Å². The summed E-state index contributed by atoms with van der Waals surface area (Å²) in [5.41, 5.74) is 1.13. The van der Waals surface area contributed by atoms with Crippen LogP contribution in [0.5, 0.6) is 0 Å². The van der Waals surface area contributed by atoms with Crippen molar-refractivity contribution >= 4 is 26.7 Å². The van der Waals surface area contributed by atoms with Crippen LogP contribution in [0.4, 0.5) is 5.13 Å². The van der Waals surface area contributed by atoms with Crippen molar-refractivity contribution in [2.45, 2.75) is 25.3 Å². The largest absolute Gasteiger partial charge is 0.346 e. The number of anilines is 1. The monoisotopic (exact) mass is 275 g/mol. The average Bonchev–Trinajstić information content (AvgIpc) is 2.67. The fourth-order valence-electron chi connectivity index (χ4n) is 2.71. The molecule has 4 heteroatoms. The average molecular weight is 275 g/mol. The van der Waals surface area contributed by atoms with E-state index in [1.54, 1.807) is 0 Å². The van der Waals surface area contributed by atoms with Gasteiger partial charge in [-0.2, -0.15) is 0 Å². The van der Waals surface area contributed by atoms with Gasteiger partial charge in [-0.15, -0.1) is 0 Å². The lowest BCUT2D eigenvalue weighted by Gasteiger charge is -2.28. The first kappa shape index (κ1) is 12.9. The van der Waals surface area contributed by atoms with Gasteiger partial charge >= 0.3 is 0 Å². The minimum absolute atomic E-state index is 0.648. The molecule has 3 nitrogen and oxygen atoms in total. The fourth-order valence-corrected chi connectivity index (χ4v) is 3.71. The number of rotatable bonds is 2. The Bertz CT molecular complexity index is 516. The molecule has 19 heavy (non-hydrogen) atoms. The fraction of sp³-hybridized carbons (Fsp3) is 0.533. The Morgan fingerprint density at radius 1 is 1.26 bits per heavy atom. The summed E-state index contributed by atoms with van der Waals surface area (Å²) in [6, 6.07) is 9.08. The van der Waals surface area contributed by atoms with Crippen molar-refractivity contribution in [1.82, 2.24) is 9.88 Å². The molecule has 0 aliphatic carbocycles. The van der Waals surface area contributed by atoms with Gasteiger partial charge in [0.05, 0.1) is 10.2 Å². The van der Waals surface area contributed by atoms with Crippen LogP contribution in [0.3, 0.4) is 0 Å². The molecule has 1 aromatic heterocycles. The minimum Gasteiger partial charge on any atom is -0.346 e. The number of aromatic nitrogens is 1. The SMILES string of the molecule is CN(C)C1CCCCN(c2nc3ccccc3s2)C1. The maximum atomic E-state index is 4.80. The highest BCUT2D eigenvalue weighted by Crippen LogP contribution is 2.30. The second-order valence-electron chi connectivity index (χ2n) is 5.52. The van der Waals surface area contributed by atoms with E-state index in [-0.39, 0.29) is 0 Å². The Labute approximate surface area is 118 Å². The zero-order valence-electron chi connectivity index (χ0n) is 11.7. The van der Waals surface area contributed by atoms with E-state index in [2.05, 4.69) is 48.2 Å². The normalized spacial score (nSPS) is 21.0. The van der Waals surface area contributed by atoms with Crippen LogP contribution in [0.1, 0.15) is 19.3 Å². The van der Waals surface area contributed by atoms with Crippen LogP contribution in [-0.2, 0) is 0 Å². The Balaban J connectivity index is 1.86. The molecule has 1 saturated heterocycles. The molecule has 1 aliphatic heterocycles. The van der Waals surface area contributed by atoms with E-state index in [1.165, 1.54) is 29.1 Å². The molecule has 0 bridgehead atoms. The van der Waals surface area contributed by atoms with Crippen molar-refractivity contribution < 1.29 is 0 Å². The van der Waals surface area contributed by atoms with Crippen molar-refractivity contribution in [1.29, 1.82) is 0 Å². The van der Waals surface area contributed by atoms with Crippen molar-refractivity contribution in [2.24, 2.45) is 0 Å². The van der Waals surface area contributed by atoms with E-state index in [0.29, 0.717) is 6.04 Å². The van der Waals surface area contributed by atoms with Crippen molar-refractivity contribution in [2.75, 3.05) is 32.1 Å². The molecule has 1 aromatic carbocycles. The Morgan fingerprint density at radius 3 is 2.89 bits per heavy atom. The molecule has 1 fully saturated rings. The van der Waals surface area contributed by atoms with Crippen molar-refractivity contribution in [3.63, 3.8) is 0 Å². The van der Waals surface area contributed by atoms with Gasteiger partial charge in [0.15, 0.2) is 5.13 Å². The molecule has 2 heterocycles. The van der Waals surface area contributed by atoms with Crippen LogP contribution >= 0.6 is 11.3 Å². The summed E-state index contributed by atoms with van der Waals surface area (Å²) < 4.78 is 1.29. The number of nitrogens with zero attached hydrogens (tertiary/aromatic N) is 3. The highest BCUT2D eigenvalue weighted by atomic mass is 32.1. The molecule has 2 aromatic rings. The van der Waals surface area contributed by atoms with Crippen LogP contribution in [0.15, 0.2) is 24.3 Å². The number of hydrogen-bond acceptors (Lipinski definition) is 4. The van der Waals surface area contributed by atoms with Crippen LogP contribution in [0, 0.1) is 0 Å². The summed E-state index contributed by atoms with van der Waals surface area (Å²) in [6.45, 7) is 2.25. The van der Waals surface area contributed by atoms with E-state index < -0.39 is 0 Å². The molecule has 3 rings (SSSR count). The zero-order chi connectivity index (χ0) is 13.2. The number of fused-ring (bicyclic) bond motifs is 1. The van der Waals surface area contributed by atoms with E-state index >= 15 is 0 Å². The third-order valence-electron chi connectivity index (χ3n) is 3.93. The van der Waals surface area contributed by atoms with Gasteiger partial charge in [-0.05, 0) is 39.1 Å². The number of benzene rings is 1. The molecular formula is C15H21N3S. The number of para-hydroxylation sites is 1. The molecule has 0 spiro atoms. The van der Waals surface area contributed by atoms with Gasteiger partial charge in [0.1, 0.15) is 0 Å². The zero-order valence-corrected chi connectivity index (χ0v) is 12.5. The lowest BCUT2D eigenvalue weighted by atomic mass is 10.1.